The van der Waals surface area contributed by atoms with Crippen molar-refractivity contribution in [2.45, 2.75) is 6.04 Å². The molecule has 0 aliphatic carbocycles. The fraction of sp³-hybridized carbons (Fsp3) is 0.333. The van der Waals surface area contributed by atoms with Gasteiger partial charge in [-0.15, -0.1) is 0 Å². The van der Waals surface area contributed by atoms with Crippen LogP contribution in [0.5, 0.6) is 0 Å². The molecule has 1 aliphatic heterocycles. The van der Waals surface area contributed by atoms with Crippen molar-refractivity contribution in [2.75, 3.05) is 20.6 Å². The van der Waals surface area contributed by atoms with E-state index in [0.29, 0.717) is 0 Å². The minimum atomic E-state index is -0.505. The number of amides is 2. The molecule has 1 fully saturated rings. The van der Waals surface area contributed by atoms with Gasteiger partial charge in [0.15, 0.2) is 0 Å². The summed E-state index contributed by atoms with van der Waals surface area (Å²) in [4.78, 5) is 26.8. The first-order valence-corrected chi connectivity index (χ1v) is 6.06. The molecule has 2 rings (SSSR count). The molecular weight excluding hydrogens is 284 g/mol. The van der Waals surface area contributed by atoms with Gasteiger partial charge in [-0.2, -0.15) is 0 Å². The largest absolute Gasteiger partial charge is 0.334 e. The highest BCUT2D eigenvalue weighted by atomic mass is 79.9. The normalized spacial score (nSPS) is 21.0. The lowest BCUT2D eigenvalue weighted by atomic mass is 10.0. The second kappa shape index (κ2) is 4.49. The molecule has 1 aliphatic rings. The second-order valence-corrected chi connectivity index (χ2v) is 5.07. The number of carbonyl (C=O) groups excluding carboxylic acids is 2. The summed E-state index contributed by atoms with van der Waals surface area (Å²) in [6.45, 7) is 0.155. The van der Waals surface area contributed by atoms with Gasteiger partial charge in [0.05, 0.1) is 6.54 Å². The molecule has 1 saturated heterocycles. The lowest BCUT2D eigenvalue weighted by Gasteiger charge is -2.36. The number of hydrogen-bond acceptors (Lipinski definition) is 2. The van der Waals surface area contributed by atoms with Crippen molar-refractivity contribution in [3.8, 4) is 0 Å². The summed E-state index contributed by atoms with van der Waals surface area (Å²) in [5.74, 6) is -0.0885. The predicted octanol–water partition coefficient (Wildman–Crippen LogP) is 1.42. The number of rotatable bonds is 1. The zero-order valence-electron chi connectivity index (χ0n) is 9.68. The Bertz CT molecular complexity index is 458. The van der Waals surface area contributed by atoms with Crippen molar-refractivity contribution in [3.05, 3.63) is 34.3 Å². The van der Waals surface area contributed by atoms with Gasteiger partial charge in [-0.05, 0) is 17.7 Å². The zero-order valence-corrected chi connectivity index (χ0v) is 11.3. The van der Waals surface area contributed by atoms with Gasteiger partial charge in [0, 0.05) is 18.6 Å². The van der Waals surface area contributed by atoms with E-state index in [9.17, 15) is 9.59 Å². The summed E-state index contributed by atoms with van der Waals surface area (Å²) in [7, 11) is 3.32. The third kappa shape index (κ3) is 2.20. The SMILES string of the molecule is CN1CC(=O)N(C)[C@@H](c2ccc(Br)cc2)C1=O. The van der Waals surface area contributed by atoms with E-state index >= 15 is 0 Å². The van der Waals surface area contributed by atoms with Crippen LogP contribution in [0, 0.1) is 0 Å². The quantitative estimate of drug-likeness (QED) is 0.786. The van der Waals surface area contributed by atoms with E-state index in [-0.39, 0.29) is 18.4 Å². The molecule has 0 radical (unpaired) electrons. The molecule has 0 N–H and O–H groups in total. The van der Waals surface area contributed by atoms with E-state index in [4.69, 9.17) is 0 Å². The van der Waals surface area contributed by atoms with Crippen LogP contribution in [0.3, 0.4) is 0 Å². The Morgan fingerprint density at radius 1 is 1.18 bits per heavy atom. The first kappa shape index (κ1) is 12.1. The van der Waals surface area contributed by atoms with Crippen molar-refractivity contribution in [3.63, 3.8) is 0 Å². The second-order valence-electron chi connectivity index (χ2n) is 4.15. The van der Waals surface area contributed by atoms with Crippen LogP contribution in [0.15, 0.2) is 28.7 Å². The molecule has 1 aromatic rings. The lowest BCUT2D eigenvalue weighted by Crippen LogP contribution is -2.52. The molecule has 17 heavy (non-hydrogen) atoms. The summed E-state index contributed by atoms with van der Waals surface area (Å²) in [6.07, 6.45) is 0. The van der Waals surface area contributed by atoms with Crippen molar-refractivity contribution in [1.82, 2.24) is 9.80 Å². The number of halogens is 1. The summed E-state index contributed by atoms with van der Waals surface area (Å²) in [5, 5.41) is 0. The van der Waals surface area contributed by atoms with Crippen LogP contribution >= 0.6 is 15.9 Å². The lowest BCUT2D eigenvalue weighted by molar-refractivity contribution is -0.153. The third-order valence-corrected chi connectivity index (χ3v) is 3.48. The highest BCUT2D eigenvalue weighted by molar-refractivity contribution is 9.10. The Hall–Kier alpha value is -1.36. The van der Waals surface area contributed by atoms with Crippen molar-refractivity contribution in [1.29, 1.82) is 0 Å². The molecular formula is C12H13BrN2O2. The number of carbonyl (C=O) groups is 2. The monoisotopic (exact) mass is 296 g/mol. The Kier molecular flexibility index (Phi) is 3.19. The van der Waals surface area contributed by atoms with Crippen molar-refractivity contribution < 1.29 is 9.59 Å². The maximum absolute atomic E-state index is 12.1. The average molecular weight is 297 g/mol. The van der Waals surface area contributed by atoms with E-state index < -0.39 is 6.04 Å². The number of likely N-dealkylation sites (N-methyl/N-ethyl adjacent to an activating group) is 2. The van der Waals surface area contributed by atoms with Gasteiger partial charge >= 0.3 is 0 Å². The van der Waals surface area contributed by atoms with Crippen molar-refractivity contribution in [2.24, 2.45) is 0 Å². The molecule has 0 saturated carbocycles. The average Bonchev–Trinajstić information content (AvgIpc) is 2.29. The highest BCUT2D eigenvalue weighted by Gasteiger charge is 2.36. The minimum absolute atomic E-state index is 0.0416. The summed E-state index contributed by atoms with van der Waals surface area (Å²) in [6, 6.07) is 6.95. The Morgan fingerprint density at radius 3 is 2.35 bits per heavy atom. The van der Waals surface area contributed by atoms with Gasteiger partial charge in [0.25, 0.3) is 0 Å². The molecule has 1 aromatic carbocycles. The summed E-state index contributed by atoms with van der Waals surface area (Å²) < 4.78 is 0.951. The maximum Gasteiger partial charge on any atom is 0.250 e. The molecule has 2 amide bonds. The van der Waals surface area contributed by atoms with E-state index in [1.807, 2.05) is 24.3 Å². The Labute approximate surface area is 108 Å². The molecule has 5 heteroatoms. The van der Waals surface area contributed by atoms with Crippen LogP contribution in [0.4, 0.5) is 0 Å². The molecule has 0 aromatic heterocycles. The van der Waals surface area contributed by atoms with Crippen LogP contribution in [-0.2, 0) is 9.59 Å². The molecule has 4 nitrogen and oxygen atoms in total. The first-order valence-electron chi connectivity index (χ1n) is 5.27. The predicted molar refractivity (Wildman–Crippen MR) is 67.3 cm³/mol. The van der Waals surface area contributed by atoms with Crippen LogP contribution in [0.1, 0.15) is 11.6 Å². The molecule has 90 valence electrons. The topological polar surface area (TPSA) is 40.6 Å². The molecule has 0 unspecified atom stereocenters. The van der Waals surface area contributed by atoms with Crippen LogP contribution < -0.4 is 0 Å². The van der Waals surface area contributed by atoms with Crippen LogP contribution in [-0.4, -0.2) is 42.3 Å². The standard InChI is InChI=1S/C12H13BrN2O2/c1-14-7-10(16)15(2)11(12(14)17)8-3-5-9(13)6-4-8/h3-6,11H,7H2,1-2H3/t11-/m0/s1. The van der Waals surface area contributed by atoms with Gasteiger partial charge in [0.1, 0.15) is 6.04 Å². The van der Waals surface area contributed by atoms with E-state index in [2.05, 4.69) is 15.9 Å². The van der Waals surface area contributed by atoms with Crippen LogP contribution in [0.25, 0.3) is 0 Å². The van der Waals surface area contributed by atoms with Gasteiger partial charge in [-0.25, -0.2) is 0 Å². The highest BCUT2D eigenvalue weighted by Crippen LogP contribution is 2.26. The van der Waals surface area contributed by atoms with Gasteiger partial charge < -0.3 is 9.80 Å². The summed E-state index contributed by atoms with van der Waals surface area (Å²) >= 11 is 3.35. The molecule has 0 bridgehead atoms. The van der Waals surface area contributed by atoms with Crippen LogP contribution in [0.2, 0.25) is 0 Å². The molecule has 1 heterocycles. The third-order valence-electron chi connectivity index (χ3n) is 2.95. The first-order chi connectivity index (χ1) is 8.00. The fourth-order valence-corrected chi connectivity index (χ4v) is 2.19. The van der Waals surface area contributed by atoms with Gasteiger partial charge in [-0.1, -0.05) is 28.1 Å². The minimum Gasteiger partial charge on any atom is -0.334 e. The maximum atomic E-state index is 12.1. The van der Waals surface area contributed by atoms with Gasteiger partial charge in [-0.3, -0.25) is 9.59 Å². The number of hydrogen-bond donors (Lipinski definition) is 0. The summed E-state index contributed by atoms with van der Waals surface area (Å²) in [5.41, 5.74) is 0.834. The van der Waals surface area contributed by atoms with Gasteiger partial charge in [0.2, 0.25) is 11.8 Å². The molecule has 0 spiro atoms. The smallest absolute Gasteiger partial charge is 0.250 e. The number of benzene rings is 1. The zero-order chi connectivity index (χ0) is 12.6. The Morgan fingerprint density at radius 2 is 1.76 bits per heavy atom. The molecule has 1 atom stereocenters. The Balaban J connectivity index is 2.37. The van der Waals surface area contributed by atoms with E-state index in [0.717, 1.165) is 10.0 Å². The fourth-order valence-electron chi connectivity index (χ4n) is 1.92. The van der Waals surface area contributed by atoms with Crippen molar-refractivity contribution >= 4 is 27.7 Å². The van der Waals surface area contributed by atoms with E-state index in [1.54, 1.807) is 14.1 Å². The van der Waals surface area contributed by atoms with E-state index in [1.165, 1.54) is 9.80 Å². The number of nitrogens with zero attached hydrogens (tertiary/aromatic N) is 2. The number of piperazine rings is 1.